The van der Waals surface area contributed by atoms with Crippen LogP contribution in [0.2, 0.25) is 6.04 Å². The van der Waals surface area contributed by atoms with Crippen LogP contribution in [0.25, 0.3) is 0 Å². The summed E-state index contributed by atoms with van der Waals surface area (Å²) in [7, 11) is -3.00. The Balaban J connectivity index is 1.54. The van der Waals surface area contributed by atoms with Crippen LogP contribution in [0.3, 0.4) is 0 Å². The molecule has 3 aliphatic rings. The van der Waals surface area contributed by atoms with Gasteiger partial charge in [-0.1, -0.05) is 60.7 Å². The van der Waals surface area contributed by atoms with Crippen molar-refractivity contribution in [1.29, 1.82) is 0 Å². The maximum absolute atomic E-state index is 6.23. The molecule has 0 atom stereocenters. The molecule has 3 aliphatic heterocycles. The van der Waals surface area contributed by atoms with Crippen molar-refractivity contribution in [3.63, 3.8) is 0 Å². The van der Waals surface area contributed by atoms with E-state index in [4.69, 9.17) is 13.3 Å². The first-order chi connectivity index (χ1) is 12.8. The lowest BCUT2D eigenvalue weighted by atomic mass is 10.4. The molecule has 3 saturated heterocycles. The van der Waals surface area contributed by atoms with Crippen LogP contribution in [-0.2, 0) is 13.3 Å². The van der Waals surface area contributed by atoms with E-state index in [0.717, 1.165) is 51.7 Å². The summed E-state index contributed by atoms with van der Waals surface area (Å²) in [5.41, 5.74) is 0. The first kappa shape index (κ1) is 18.3. The SMILES string of the molecule is c1ccc(P(CC[Si]23OCCN(CCO2)CCO3)c2ccccc2)cc1. The monoisotopic (exact) mass is 387 g/mol. The highest BCUT2D eigenvalue weighted by Gasteiger charge is 2.44. The number of fused-ring (bicyclic) bond motifs is 6. The lowest BCUT2D eigenvalue weighted by Gasteiger charge is -2.38. The highest BCUT2D eigenvalue weighted by molar-refractivity contribution is 7.73. The van der Waals surface area contributed by atoms with E-state index >= 15 is 0 Å². The van der Waals surface area contributed by atoms with Crippen molar-refractivity contribution in [2.75, 3.05) is 45.6 Å². The van der Waals surface area contributed by atoms with Crippen molar-refractivity contribution >= 4 is 27.3 Å². The van der Waals surface area contributed by atoms with Gasteiger partial charge in [-0.15, -0.1) is 0 Å². The molecule has 0 N–H and O–H groups in total. The molecule has 0 radical (unpaired) electrons. The molecular weight excluding hydrogens is 361 g/mol. The molecule has 2 bridgehead atoms. The van der Waals surface area contributed by atoms with E-state index in [1.165, 1.54) is 10.6 Å². The topological polar surface area (TPSA) is 30.9 Å². The number of hydrogen-bond donors (Lipinski definition) is 0. The minimum absolute atomic E-state index is 0.437. The summed E-state index contributed by atoms with van der Waals surface area (Å²) in [5.74, 6) is 0. The van der Waals surface area contributed by atoms with Gasteiger partial charge in [0.25, 0.3) is 0 Å². The molecule has 0 saturated carbocycles. The summed E-state index contributed by atoms with van der Waals surface area (Å²) in [6.07, 6.45) is 1.04. The molecule has 26 heavy (non-hydrogen) atoms. The fraction of sp³-hybridized carbons (Fsp3) is 0.400. The Hall–Kier alpha value is -1.07. The van der Waals surface area contributed by atoms with Gasteiger partial charge < -0.3 is 13.3 Å². The molecule has 0 unspecified atom stereocenters. The van der Waals surface area contributed by atoms with Crippen LogP contribution in [0.4, 0.5) is 0 Å². The van der Waals surface area contributed by atoms with Gasteiger partial charge in [-0.25, -0.2) is 0 Å². The summed E-state index contributed by atoms with van der Waals surface area (Å²) < 4.78 is 18.7. The predicted molar refractivity (Wildman–Crippen MR) is 109 cm³/mol. The molecule has 6 heteroatoms. The van der Waals surface area contributed by atoms with Gasteiger partial charge in [0, 0.05) is 25.7 Å². The smallest absolute Gasteiger partial charge is 0.372 e. The number of hydrogen-bond acceptors (Lipinski definition) is 4. The zero-order valence-electron chi connectivity index (χ0n) is 15.0. The molecule has 0 amide bonds. The number of nitrogens with zero attached hydrogens (tertiary/aromatic N) is 1. The zero-order chi connectivity index (χ0) is 17.7. The van der Waals surface area contributed by atoms with Crippen molar-refractivity contribution in [2.24, 2.45) is 0 Å². The van der Waals surface area contributed by atoms with Crippen LogP contribution in [-0.4, -0.2) is 59.3 Å². The van der Waals surface area contributed by atoms with Crippen LogP contribution < -0.4 is 10.6 Å². The minimum atomic E-state index is -2.57. The number of rotatable bonds is 5. The fourth-order valence-electron chi connectivity index (χ4n) is 3.54. The predicted octanol–water partition coefficient (Wildman–Crippen LogP) is 2.44. The van der Waals surface area contributed by atoms with Gasteiger partial charge in [0.1, 0.15) is 0 Å². The van der Waals surface area contributed by atoms with Crippen molar-refractivity contribution in [3.8, 4) is 0 Å². The van der Waals surface area contributed by atoms with E-state index in [1.807, 2.05) is 0 Å². The second-order valence-electron chi connectivity index (χ2n) is 6.64. The van der Waals surface area contributed by atoms with Gasteiger partial charge in [-0.05, 0) is 24.7 Å². The van der Waals surface area contributed by atoms with E-state index in [1.54, 1.807) is 0 Å². The Morgan fingerprint density at radius 1 is 0.731 bits per heavy atom. The maximum atomic E-state index is 6.23. The van der Waals surface area contributed by atoms with E-state index in [2.05, 4.69) is 65.6 Å². The Morgan fingerprint density at radius 2 is 1.19 bits per heavy atom. The van der Waals surface area contributed by atoms with Gasteiger partial charge in [-0.2, -0.15) is 0 Å². The number of benzene rings is 2. The highest BCUT2D eigenvalue weighted by atomic mass is 31.1. The molecule has 5 rings (SSSR count). The zero-order valence-corrected chi connectivity index (χ0v) is 16.9. The molecule has 0 aliphatic carbocycles. The summed E-state index contributed by atoms with van der Waals surface area (Å²) in [6.45, 7) is 5.15. The molecule has 0 spiro atoms. The Kier molecular flexibility index (Phi) is 6.15. The third kappa shape index (κ3) is 4.42. The van der Waals surface area contributed by atoms with E-state index in [0.29, 0.717) is 0 Å². The third-order valence-electron chi connectivity index (χ3n) is 4.97. The lowest BCUT2D eigenvalue weighted by molar-refractivity contribution is -0.00733. The standard InChI is InChI=1S/C20H26NO3PSi/c1-3-7-19(8-4-1)25(20-9-5-2-6-10-20)17-18-26-22-14-11-21(12-15-23-26)13-16-24-26/h1-10H,11-18H2. The molecule has 138 valence electrons. The van der Waals surface area contributed by atoms with Gasteiger partial charge in [0.15, 0.2) is 0 Å². The lowest BCUT2D eigenvalue weighted by Crippen LogP contribution is -2.55. The molecule has 3 heterocycles. The van der Waals surface area contributed by atoms with Crippen LogP contribution in [0, 0.1) is 0 Å². The molecule has 2 aromatic carbocycles. The van der Waals surface area contributed by atoms with Crippen LogP contribution in [0.5, 0.6) is 0 Å². The second kappa shape index (κ2) is 8.74. The Labute approximate surface area is 158 Å². The van der Waals surface area contributed by atoms with Crippen molar-refractivity contribution in [3.05, 3.63) is 60.7 Å². The highest BCUT2D eigenvalue weighted by Crippen LogP contribution is 2.37. The van der Waals surface area contributed by atoms with Crippen molar-refractivity contribution in [1.82, 2.24) is 4.90 Å². The summed E-state index contributed by atoms with van der Waals surface area (Å²) >= 11 is 0. The first-order valence-electron chi connectivity index (χ1n) is 9.37. The van der Waals surface area contributed by atoms with Gasteiger partial charge in [0.05, 0.1) is 19.8 Å². The van der Waals surface area contributed by atoms with Crippen molar-refractivity contribution in [2.45, 2.75) is 6.04 Å². The van der Waals surface area contributed by atoms with Crippen molar-refractivity contribution < 1.29 is 13.3 Å². The molecule has 4 nitrogen and oxygen atoms in total. The normalized spacial score (nSPS) is 26.3. The van der Waals surface area contributed by atoms with Gasteiger partial charge >= 0.3 is 8.80 Å². The van der Waals surface area contributed by atoms with E-state index in [-0.39, 0.29) is 0 Å². The van der Waals surface area contributed by atoms with Crippen LogP contribution in [0.1, 0.15) is 0 Å². The third-order valence-corrected chi connectivity index (χ3v) is 10.7. The second-order valence-corrected chi connectivity index (χ2v) is 11.7. The molecular formula is C20H26NO3PSi. The van der Waals surface area contributed by atoms with Crippen LogP contribution in [0.15, 0.2) is 60.7 Å². The average molecular weight is 387 g/mol. The molecule has 3 fully saturated rings. The Bertz CT molecular complexity index is 622. The quantitative estimate of drug-likeness (QED) is 0.583. The summed E-state index contributed by atoms with van der Waals surface area (Å²) in [5, 5.41) is 2.81. The van der Waals surface area contributed by atoms with Gasteiger partial charge in [-0.3, -0.25) is 4.90 Å². The maximum Gasteiger partial charge on any atom is 0.501 e. The van der Waals surface area contributed by atoms with Gasteiger partial charge in [0.2, 0.25) is 0 Å². The molecule has 2 aromatic rings. The van der Waals surface area contributed by atoms with E-state index in [9.17, 15) is 0 Å². The minimum Gasteiger partial charge on any atom is -0.372 e. The summed E-state index contributed by atoms with van der Waals surface area (Å²) in [6, 6.07) is 22.6. The average Bonchev–Trinajstić information content (AvgIpc) is 2.64. The van der Waals surface area contributed by atoms with E-state index < -0.39 is 16.7 Å². The summed E-state index contributed by atoms with van der Waals surface area (Å²) in [4.78, 5) is 2.36. The Morgan fingerprint density at radius 3 is 1.65 bits per heavy atom. The largest absolute Gasteiger partial charge is 0.501 e. The van der Waals surface area contributed by atoms with Crippen LogP contribution >= 0.6 is 7.92 Å². The fourth-order valence-corrected chi connectivity index (χ4v) is 9.30. The molecule has 0 aromatic heterocycles. The first-order valence-corrected chi connectivity index (χ1v) is 12.8.